The summed E-state index contributed by atoms with van der Waals surface area (Å²) in [6.07, 6.45) is 0. The van der Waals surface area contributed by atoms with Gasteiger partial charge >= 0.3 is 0 Å². The smallest absolute Gasteiger partial charge is 0.248 e. The highest BCUT2D eigenvalue weighted by atomic mass is 16.5. The quantitative estimate of drug-likeness (QED) is 0.449. The highest BCUT2D eigenvalue weighted by Gasteiger charge is 2.08. The van der Waals surface area contributed by atoms with Gasteiger partial charge in [0.05, 0.1) is 12.2 Å². The third-order valence-electron chi connectivity index (χ3n) is 4.11. The van der Waals surface area contributed by atoms with Gasteiger partial charge in [-0.25, -0.2) is 0 Å². The van der Waals surface area contributed by atoms with Crippen molar-refractivity contribution < 1.29 is 19.1 Å². The number of nitrogens with one attached hydrogen (secondary N) is 2. The summed E-state index contributed by atoms with van der Waals surface area (Å²) in [5.41, 5.74) is 6.79. The average molecular weight is 405 g/mol. The normalized spacial score (nSPS) is 10.1. The number of carbonyl (C=O) groups excluding carboxylic acids is 2. The average Bonchev–Trinajstić information content (AvgIpc) is 2.77. The molecule has 30 heavy (non-hydrogen) atoms. The van der Waals surface area contributed by atoms with Gasteiger partial charge in [-0.2, -0.15) is 0 Å². The van der Waals surface area contributed by atoms with Gasteiger partial charge in [-0.1, -0.05) is 36.4 Å². The van der Waals surface area contributed by atoms with Gasteiger partial charge in [-0.3, -0.25) is 9.59 Å². The summed E-state index contributed by atoms with van der Waals surface area (Å²) in [6, 6.07) is 23.3. The molecule has 3 aromatic carbocycles. The van der Waals surface area contributed by atoms with Crippen LogP contribution in [0, 0.1) is 0 Å². The molecule has 154 valence electrons. The molecule has 0 aromatic heterocycles. The van der Waals surface area contributed by atoms with E-state index in [0.29, 0.717) is 35.9 Å². The molecule has 0 bridgehead atoms. The maximum Gasteiger partial charge on any atom is 0.248 e. The SMILES string of the molecule is NC(=O)c1cccc(NC(=O)CNc2ccccc2OCCOc2ccccc2)c1. The van der Waals surface area contributed by atoms with E-state index in [4.69, 9.17) is 15.2 Å². The second-order valence-electron chi connectivity index (χ2n) is 6.35. The van der Waals surface area contributed by atoms with Crippen molar-refractivity contribution in [3.63, 3.8) is 0 Å². The largest absolute Gasteiger partial charge is 0.490 e. The zero-order valence-electron chi connectivity index (χ0n) is 16.3. The number of hydrogen-bond donors (Lipinski definition) is 3. The molecule has 7 heteroatoms. The predicted octanol–water partition coefficient (Wildman–Crippen LogP) is 3.29. The standard InChI is InChI=1S/C23H23N3O4/c24-23(28)17-7-6-8-18(15-17)26-22(27)16-25-20-11-4-5-12-21(20)30-14-13-29-19-9-2-1-3-10-19/h1-12,15,25H,13-14,16H2,(H2,24,28)(H,26,27). The summed E-state index contributed by atoms with van der Waals surface area (Å²) in [5, 5.41) is 5.79. The first kappa shape index (κ1) is 20.7. The summed E-state index contributed by atoms with van der Waals surface area (Å²) in [6.45, 7) is 0.788. The first-order valence-corrected chi connectivity index (χ1v) is 9.45. The number of primary amides is 1. The van der Waals surface area contributed by atoms with Crippen LogP contribution >= 0.6 is 0 Å². The van der Waals surface area contributed by atoms with E-state index in [1.165, 1.54) is 6.07 Å². The fraction of sp³-hybridized carbons (Fsp3) is 0.130. The number of ether oxygens (including phenoxy) is 2. The van der Waals surface area contributed by atoms with Crippen molar-refractivity contribution in [1.29, 1.82) is 0 Å². The fourth-order valence-electron chi connectivity index (χ4n) is 2.70. The van der Waals surface area contributed by atoms with Gasteiger partial charge in [0.1, 0.15) is 24.7 Å². The van der Waals surface area contributed by atoms with Crippen LogP contribution in [0.5, 0.6) is 11.5 Å². The lowest BCUT2D eigenvalue weighted by Crippen LogP contribution is -2.22. The lowest BCUT2D eigenvalue weighted by molar-refractivity contribution is -0.114. The predicted molar refractivity (Wildman–Crippen MR) is 116 cm³/mol. The molecule has 3 aromatic rings. The Bertz CT molecular complexity index is 993. The molecule has 0 fully saturated rings. The van der Waals surface area contributed by atoms with Crippen LogP contribution in [0.2, 0.25) is 0 Å². The summed E-state index contributed by atoms with van der Waals surface area (Å²) in [5.74, 6) is 0.590. The molecule has 0 spiro atoms. The molecule has 0 heterocycles. The Hall–Kier alpha value is -4.00. The Morgan fingerprint density at radius 1 is 0.833 bits per heavy atom. The number of carbonyl (C=O) groups is 2. The van der Waals surface area contributed by atoms with Crippen LogP contribution in [-0.4, -0.2) is 31.6 Å². The maximum atomic E-state index is 12.2. The Balaban J connectivity index is 1.49. The maximum absolute atomic E-state index is 12.2. The molecule has 3 rings (SSSR count). The van der Waals surface area contributed by atoms with Crippen molar-refractivity contribution >= 4 is 23.2 Å². The van der Waals surface area contributed by atoms with Crippen LogP contribution in [0.4, 0.5) is 11.4 Å². The second kappa shape index (κ2) is 10.5. The topological polar surface area (TPSA) is 103 Å². The van der Waals surface area contributed by atoms with Crippen LogP contribution in [-0.2, 0) is 4.79 Å². The van der Waals surface area contributed by atoms with Gasteiger partial charge in [0.15, 0.2) is 0 Å². The molecule has 0 saturated carbocycles. The Morgan fingerprint density at radius 3 is 2.37 bits per heavy atom. The summed E-state index contributed by atoms with van der Waals surface area (Å²) < 4.78 is 11.4. The van der Waals surface area contributed by atoms with Gasteiger partial charge in [0.25, 0.3) is 0 Å². The Morgan fingerprint density at radius 2 is 1.57 bits per heavy atom. The summed E-state index contributed by atoms with van der Waals surface area (Å²) in [7, 11) is 0. The van der Waals surface area contributed by atoms with E-state index < -0.39 is 5.91 Å². The molecule has 2 amide bonds. The van der Waals surface area contributed by atoms with Crippen molar-refractivity contribution in [1.82, 2.24) is 0 Å². The van der Waals surface area contributed by atoms with Gasteiger partial charge < -0.3 is 25.8 Å². The molecule has 0 radical (unpaired) electrons. The molecule has 0 atom stereocenters. The van der Waals surface area contributed by atoms with Crippen LogP contribution in [0.3, 0.4) is 0 Å². The second-order valence-corrected chi connectivity index (χ2v) is 6.35. The number of benzene rings is 3. The monoisotopic (exact) mass is 405 g/mol. The summed E-state index contributed by atoms with van der Waals surface area (Å²) >= 11 is 0. The van der Waals surface area contributed by atoms with Crippen LogP contribution in [0.25, 0.3) is 0 Å². The lowest BCUT2D eigenvalue weighted by Gasteiger charge is -2.14. The molecule has 0 unspecified atom stereocenters. The van der Waals surface area contributed by atoms with Gasteiger partial charge in [0, 0.05) is 11.3 Å². The van der Waals surface area contributed by atoms with E-state index in [-0.39, 0.29) is 12.5 Å². The van der Waals surface area contributed by atoms with E-state index in [1.54, 1.807) is 18.2 Å². The third kappa shape index (κ3) is 6.27. The fourth-order valence-corrected chi connectivity index (χ4v) is 2.70. The minimum atomic E-state index is -0.549. The number of nitrogens with two attached hydrogens (primary N) is 1. The number of para-hydroxylation sites is 3. The van der Waals surface area contributed by atoms with Gasteiger partial charge in [0.2, 0.25) is 11.8 Å². The highest BCUT2D eigenvalue weighted by Crippen LogP contribution is 2.23. The lowest BCUT2D eigenvalue weighted by atomic mass is 10.2. The van der Waals surface area contributed by atoms with E-state index in [1.807, 2.05) is 54.6 Å². The van der Waals surface area contributed by atoms with E-state index >= 15 is 0 Å². The van der Waals surface area contributed by atoms with Crippen LogP contribution in [0.1, 0.15) is 10.4 Å². The molecular weight excluding hydrogens is 382 g/mol. The zero-order chi connectivity index (χ0) is 21.2. The molecular formula is C23H23N3O4. The van der Waals surface area contributed by atoms with Crippen LogP contribution < -0.4 is 25.8 Å². The molecule has 4 N–H and O–H groups in total. The van der Waals surface area contributed by atoms with Crippen molar-refractivity contribution in [3.05, 3.63) is 84.4 Å². The van der Waals surface area contributed by atoms with Gasteiger partial charge in [-0.15, -0.1) is 0 Å². The van der Waals surface area contributed by atoms with E-state index in [9.17, 15) is 9.59 Å². The molecule has 7 nitrogen and oxygen atoms in total. The zero-order valence-corrected chi connectivity index (χ0v) is 16.3. The van der Waals surface area contributed by atoms with E-state index in [2.05, 4.69) is 10.6 Å². The molecule has 0 aliphatic rings. The Labute approximate surface area is 174 Å². The third-order valence-corrected chi connectivity index (χ3v) is 4.11. The minimum absolute atomic E-state index is 0.0295. The first-order valence-electron chi connectivity index (χ1n) is 9.45. The number of amides is 2. The van der Waals surface area contributed by atoms with Crippen molar-refractivity contribution in [3.8, 4) is 11.5 Å². The number of hydrogen-bond acceptors (Lipinski definition) is 5. The summed E-state index contributed by atoms with van der Waals surface area (Å²) in [4.78, 5) is 23.5. The van der Waals surface area contributed by atoms with Crippen molar-refractivity contribution in [2.45, 2.75) is 0 Å². The highest BCUT2D eigenvalue weighted by molar-refractivity contribution is 5.97. The van der Waals surface area contributed by atoms with Crippen molar-refractivity contribution in [2.24, 2.45) is 5.73 Å². The first-order chi connectivity index (χ1) is 14.6. The molecule has 0 aliphatic heterocycles. The molecule has 0 saturated heterocycles. The van der Waals surface area contributed by atoms with Crippen LogP contribution in [0.15, 0.2) is 78.9 Å². The van der Waals surface area contributed by atoms with E-state index in [0.717, 1.165) is 5.75 Å². The molecule has 0 aliphatic carbocycles. The minimum Gasteiger partial charge on any atom is -0.490 e. The van der Waals surface area contributed by atoms with Gasteiger partial charge in [-0.05, 0) is 42.5 Å². The number of anilines is 2. The Kier molecular flexibility index (Phi) is 7.27. The van der Waals surface area contributed by atoms with Crippen molar-refractivity contribution in [2.75, 3.05) is 30.4 Å². The number of rotatable bonds is 10.